The number of Topliss-reactive ketones (excluding diaryl/α,β-unsaturated/α-hetero) is 1. The van der Waals surface area contributed by atoms with Crippen LogP contribution in [0.15, 0.2) is 0 Å². The van der Waals surface area contributed by atoms with Crippen molar-refractivity contribution in [2.24, 2.45) is 0 Å². The summed E-state index contributed by atoms with van der Waals surface area (Å²) in [5.41, 5.74) is 1.89. The van der Waals surface area contributed by atoms with Crippen molar-refractivity contribution in [2.45, 2.75) is 33.1 Å². The molecule has 0 saturated carbocycles. The Hall–Kier alpha value is -1.39. The lowest BCUT2D eigenvalue weighted by Crippen LogP contribution is -2.28. The largest absolute Gasteiger partial charge is 0.341 e. The van der Waals surface area contributed by atoms with Gasteiger partial charge in [0.05, 0.1) is 6.42 Å². The number of ketones is 1. The summed E-state index contributed by atoms with van der Waals surface area (Å²) >= 11 is 0. The van der Waals surface area contributed by atoms with E-state index in [2.05, 4.69) is 4.84 Å². The van der Waals surface area contributed by atoms with Crippen LogP contribution in [0.1, 0.15) is 33.1 Å². The minimum absolute atomic E-state index is 0.250. The summed E-state index contributed by atoms with van der Waals surface area (Å²) in [7, 11) is 0. The summed E-state index contributed by atoms with van der Waals surface area (Å²) in [5.74, 6) is -1.37. The molecule has 0 rings (SSSR count). The first-order valence-electron chi connectivity index (χ1n) is 4.04. The van der Waals surface area contributed by atoms with Gasteiger partial charge in [-0.3, -0.25) is 9.59 Å². The molecule has 0 radical (unpaired) electrons. The van der Waals surface area contributed by atoms with E-state index in [1.54, 1.807) is 0 Å². The smallest absolute Gasteiger partial charge is 0.332 e. The lowest BCUT2D eigenvalue weighted by Gasteiger charge is -2.02. The molecule has 0 aromatic heterocycles. The highest BCUT2D eigenvalue weighted by atomic mass is 16.7. The van der Waals surface area contributed by atoms with Gasteiger partial charge in [0, 0.05) is 6.42 Å². The van der Waals surface area contributed by atoms with Crippen molar-refractivity contribution in [1.82, 2.24) is 5.48 Å². The minimum atomic E-state index is -0.600. The van der Waals surface area contributed by atoms with E-state index >= 15 is 0 Å². The lowest BCUT2D eigenvalue weighted by molar-refractivity contribution is -0.158. The summed E-state index contributed by atoms with van der Waals surface area (Å²) < 4.78 is 0. The predicted molar refractivity (Wildman–Crippen MR) is 44.4 cm³/mol. The van der Waals surface area contributed by atoms with Gasteiger partial charge in [0.2, 0.25) is 0 Å². The maximum Gasteiger partial charge on any atom is 0.332 e. The molecule has 0 aliphatic heterocycles. The lowest BCUT2D eigenvalue weighted by atomic mass is 10.3. The number of nitrogens with one attached hydrogen (secondary N) is 1. The van der Waals surface area contributed by atoms with Crippen molar-refractivity contribution >= 4 is 17.7 Å². The molecule has 0 bridgehead atoms. The maximum absolute atomic E-state index is 10.8. The Morgan fingerprint density at radius 3 is 2.38 bits per heavy atom. The Balaban J connectivity index is 3.58. The fourth-order valence-corrected chi connectivity index (χ4v) is 0.631. The predicted octanol–water partition coefficient (Wildman–Crippen LogP) is 0.340. The van der Waals surface area contributed by atoms with E-state index in [9.17, 15) is 14.4 Å². The fraction of sp³-hybridized carbons (Fsp3) is 0.625. The van der Waals surface area contributed by atoms with Gasteiger partial charge < -0.3 is 4.84 Å². The number of carbonyl (C=O) groups is 3. The average Bonchev–Trinajstić information content (AvgIpc) is 2.00. The Labute approximate surface area is 76.4 Å². The fourth-order valence-electron chi connectivity index (χ4n) is 0.631. The third-order valence-corrected chi connectivity index (χ3v) is 1.14. The molecule has 0 aromatic rings. The minimum Gasteiger partial charge on any atom is -0.341 e. The second-order valence-corrected chi connectivity index (χ2v) is 2.63. The number of rotatable bonds is 4. The summed E-state index contributed by atoms with van der Waals surface area (Å²) in [5, 5.41) is 0. The van der Waals surface area contributed by atoms with Crippen molar-refractivity contribution in [3.8, 4) is 0 Å². The van der Waals surface area contributed by atoms with E-state index in [0.29, 0.717) is 6.42 Å². The van der Waals surface area contributed by atoms with Crippen LogP contribution < -0.4 is 5.48 Å². The van der Waals surface area contributed by atoms with Crippen LogP contribution in [0.4, 0.5) is 0 Å². The quantitative estimate of drug-likeness (QED) is 0.508. The molecule has 0 spiro atoms. The zero-order valence-corrected chi connectivity index (χ0v) is 7.75. The number of carbonyl (C=O) groups excluding carboxylic acids is 3. The second-order valence-electron chi connectivity index (χ2n) is 2.63. The van der Waals surface area contributed by atoms with E-state index in [-0.39, 0.29) is 18.6 Å². The zero-order chi connectivity index (χ0) is 10.3. The first-order chi connectivity index (χ1) is 6.06. The van der Waals surface area contributed by atoms with Crippen LogP contribution in [0.25, 0.3) is 0 Å². The summed E-state index contributed by atoms with van der Waals surface area (Å²) in [4.78, 5) is 36.2. The second kappa shape index (κ2) is 6.16. The van der Waals surface area contributed by atoms with Gasteiger partial charge in [-0.25, -0.2) is 4.79 Å². The number of hydroxylamine groups is 1. The summed E-state index contributed by atoms with van der Waals surface area (Å²) in [6.07, 6.45) is 0.640. The van der Waals surface area contributed by atoms with Crippen molar-refractivity contribution in [3.05, 3.63) is 0 Å². The van der Waals surface area contributed by atoms with Crippen LogP contribution in [0.2, 0.25) is 0 Å². The number of hydrogen-bond acceptors (Lipinski definition) is 4. The topological polar surface area (TPSA) is 72.5 Å². The molecular weight excluding hydrogens is 174 g/mol. The molecule has 0 saturated heterocycles. The van der Waals surface area contributed by atoms with Crippen LogP contribution in [0.5, 0.6) is 0 Å². The molecule has 74 valence electrons. The highest BCUT2D eigenvalue weighted by Crippen LogP contribution is 1.89. The molecule has 0 fully saturated rings. The van der Waals surface area contributed by atoms with E-state index in [4.69, 9.17) is 0 Å². The third-order valence-electron chi connectivity index (χ3n) is 1.14. The van der Waals surface area contributed by atoms with E-state index < -0.39 is 11.9 Å². The van der Waals surface area contributed by atoms with Crippen LogP contribution in [-0.2, 0) is 19.2 Å². The van der Waals surface area contributed by atoms with Gasteiger partial charge in [0.1, 0.15) is 5.78 Å². The molecule has 5 heteroatoms. The van der Waals surface area contributed by atoms with Gasteiger partial charge in [-0.2, -0.15) is 5.48 Å². The molecule has 0 unspecified atom stereocenters. The SMILES string of the molecule is CCCC(=O)ONC(=O)CC(C)=O. The van der Waals surface area contributed by atoms with Gasteiger partial charge in [-0.05, 0) is 13.3 Å². The Morgan fingerprint density at radius 1 is 1.31 bits per heavy atom. The van der Waals surface area contributed by atoms with Crippen molar-refractivity contribution in [3.63, 3.8) is 0 Å². The molecule has 0 heterocycles. The molecule has 0 aliphatic carbocycles. The Bertz CT molecular complexity index is 212. The molecule has 0 aliphatic rings. The van der Waals surface area contributed by atoms with Crippen LogP contribution in [0.3, 0.4) is 0 Å². The van der Waals surface area contributed by atoms with Gasteiger partial charge in [-0.15, -0.1) is 0 Å². The van der Waals surface area contributed by atoms with E-state index in [0.717, 1.165) is 0 Å². The first-order valence-corrected chi connectivity index (χ1v) is 4.04. The molecule has 5 nitrogen and oxygen atoms in total. The maximum atomic E-state index is 10.8. The zero-order valence-electron chi connectivity index (χ0n) is 7.75. The average molecular weight is 187 g/mol. The van der Waals surface area contributed by atoms with E-state index in [1.165, 1.54) is 6.92 Å². The summed E-state index contributed by atoms with van der Waals surface area (Å²) in [6, 6.07) is 0. The van der Waals surface area contributed by atoms with Crippen LogP contribution in [-0.4, -0.2) is 17.7 Å². The first kappa shape index (κ1) is 11.6. The molecule has 0 atom stereocenters. The van der Waals surface area contributed by atoms with Crippen LogP contribution >= 0.6 is 0 Å². The van der Waals surface area contributed by atoms with Crippen LogP contribution in [0, 0.1) is 0 Å². The van der Waals surface area contributed by atoms with Crippen molar-refractivity contribution in [2.75, 3.05) is 0 Å². The van der Waals surface area contributed by atoms with Crippen molar-refractivity contribution in [1.29, 1.82) is 0 Å². The molecule has 0 aromatic carbocycles. The van der Waals surface area contributed by atoms with E-state index in [1.807, 2.05) is 12.4 Å². The Morgan fingerprint density at radius 2 is 1.92 bits per heavy atom. The number of amides is 1. The molecule has 1 amide bonds. The highest BCUT2D eigenvalue weighted by Gasteiger charge is 2.07. The normalized spacial score (nSPS) is 9.08. The number of hydrogen-bond donors (Lipinski definition) is 1. The van der Waals surface area contributed by atoms with Gasteiger partial charge in [-0.1, -0.05) is 6.92 Å². The molecule has 13 heavy (non-hydrogen) atoms. The molecular formula is C8H13NO4. The van der Waals surface area contributed by atoms with Gasteiger partial charge in [0.15, 0.2) is 0 Å². The highest BCUT2D eigenvalue weighted by molar-refractivity contribution is 5.96. The molecule has 1 N–H and O–H groups in total. The Kier molecular flexibility index (Phi) is 5.50. The van der Waals surface area contributed by atoms with Gasteiger partial charge in [0.25, 0.3) is 5.91 Å². The van der Waals surface area contributed by atoms with Gasteiger partial charge >= 0.3 is 5.97 Å². The summed E-state index contributed by atoms with van der Waals surface area (Å²) in [6.45, 7) is 3.10. The monoisotopic (exact) mass is 187 g/mol. The standard InChI is InChI=1S/C8H13NO4/c1-3-4-8(12)13-9-7(11)5-6(2)10/h3-5H2,1-2H3,(H,9,11). The third kappa shape index (κ3) is 6.99. The van der Waals surface area contributed by atoms with Crippen molar-refractivity contribution < 1.29 is 19.2 Å².